The molecule has 1 aromatic carbocycles. The zero-order chi connectivity index (χ0) is 24.9. The van der Waals surface area contributed by atoms with Crippen molar-refractivity contribution in [1.82, 2.24) is 31.7 Å². The molecule has 2 aromatic rings. The van der Waals surface area contributed by atoms with Gasteiger partial charge in [-0.25, -0.2) is 9.59 Å². The third-order valence-corrected chi connectivity index (χ3v) is 4.72. The number of carbonyl (C=O) groups is 3. The van der Waals surface area contributed by atoms with Crippen LogP contribution in [0.15, 0.2) is 53.2 Å². The first-order valence-electron chi connectivity index (χ1n) is 11.0. The second-order valence-electron chi connectivity index (χ2n) is 7.40. The number of benzene rings is 1. The minimum Gasteiger partial charge on any atom is -0.480 e. The molecule has 188 valence electrons. The SMILES string of the molecule is O=C(NC(CNC(=O)c1cc(OCCCNC2NC=CCN2)no1)C(=O)O)OCc1ccccc1. The van der Waals surface area contributed by atoms with Crippen LogP contribution in [0.4, 0.5) is 4.79 Å². The molecular weight excluding hydrogens is 460 g/mol. The van der Waals surface area contributed by atoms with Crippen molar-refractivity contribution in [3.63, 3.8) is 0 Å². The summed E-state index contributed by atoms with van der Waals surface area (Å²) in [6, 6.07) is 8.81. The van der Waals surface area contributed by atoms with Gasteiger partial charge in [-0.2, -0.15) is 0 Å². The maximum absolute atomic E-state index is 12.3. The van der Waals surface area contributed by atoms with Crippen LogP contribution in [-0.2, 0) is 16.1 Å². The summed E-state index contributed by atoms with van der Waals surface area (Å²) >= 11 is 0. The summed E-state index contributed by atoms with van der Waals surface area (Å²) in [5, 5.41) is 27.1. The minimum absolute atomic E-state index is 0.00261. The molecule has 1 aliphatic rings. The van der Waals surface area contributed by atoms with Gasteiger partial charge in [-0.05, 0) is 23.3 Å². The molecule has 2 atom stereocenters. The number of hydrogen-bond donors (Lipinski definition) is 6. The Bertz CT molecular complexity index is 997. The molecule has 0 saturated heterocycles. The zero-order valence-electron chi connectivity index (χ0n) is 18.9. The topological polar surface area (TPSA) is 176 Å². The first kappa shape index (κ1) is 25.5. The lowest BCUT2D eigenvalue weighted by atomic mass is 10.2. The summed E-state index contributed by atoms with van der Waals surface area (Å²) in [7, 11) is 0. The van der Waals surface area contributed by atoms with Gasteiger partial charge in [0.2, 0.25) is 5.76 Å². The molecule has 1 aromatic heterocycles. The summed E-state index contributed by atoms with van der Waals surface area (Å²) in [4.78, 5) is 35.6. The number of nitrogens with one attached hydrogen (secondary N) is 5. The average Bonchev–Trinajstić information content (AvgIpc) is 3.35. The number of nitrogens with zero attached hydrogens (tertiary/aromatic N) is 1. The molecule has 2 amide bonds. The van der Waals surface area contributed by atoms with Crippen molar-refractivity contribution < 1.29 is 33.5 Å². The number of amides is 2. The number of alkyl carbamates (subject to hydrolysis) is 1. The Morgan fingerprint density at radius 1 is 1.26 bits per heavy atom. The van der Waals surface area contributed by atoms with E-state index in [1.807, 2.05) is 18.3 Å². The van der Waals surface area contributed by atoms with Crippen molar-refractivity contribution in [2.24, 2.45) is 0 Å². The van der Waals surface area contributed by atoms with Crippen molar-refractivity contribution in [1.29, 1.82) is 0 Å². The van der Waals surface area contributed by atoms with E-state index in [-0.39, 0.29) is 24.5 Å². The molecule has 6 N–H and O–H groups in total. The molecule has 0 aliphatic carbocycles. The summed E-state index contributed by atoms with van der Waals surface area (Å²) in [6.07, 6.45) is 3.60. The number of aromatic nitrogens is 1. The van der Waals surface area contributed by atoms with E-state index in [1.54, 1.807) is 24.3 Å². The second kappa shape index (κ2) is 13.6. The Labute approximate surface area is 201 Å². The van der Waals surface area contributed by atoms with E-state index in [0.29, 0.717) is 19.6 Å². The largest absolute Gasteiger partial charge is 0.480 e. The molecule has 35 heavy (non-hydrogen) atoms. The molecule has 0 fully saturated rings. The molecule has 0 saturated carbocycles. The lowest BCUT2D eigenvalue weighted by Gasteiger charge is -2.22. The maximum Gasteiger partial charge on any atom is 0.408 e. The number of aliphatic carboxylic acids is 1. The Kier molecular flexibility index (Phi) is 9.89. The number of hydrogen-bond acceptors (Lipinski definition) is 10. The lowest BCUT2D eigenvalue weighted by molar-refractivity contribution is -0.139. The van der Waals surface area contributed by atoms with Crippen LogP contribution in [0.3, 0.4) is 0 Å². The molecule has 0 spiro atoms. The first-order chi connectivity index (χ1) is 17.0. The number of carboxylic acids is 1. The van der Waals surface area contributed by atoms with Crippen LogP contribution >= 0.6 is 0 Å². The van der Waals surface area contributed by atoms with Crippen LogP contribution in [0.2, 0.25) is 0 Å². The van der Waals surface area contributed by atoms with Gasteiger partial charge in [0.05, 0.1) is 12.7 Å². The van der Waals surface area contributed by atoms with Crippen LogP contribution in [0.5, 0.6) is 5.88 Å². The first-order valence-corrected chi connectivity index (χ1v) is 11.0. The highest BCUT2D eigenvalue weighted by molar-refractivity contribution is 5.92. The van der Waals surface area contributed by atoms with Crippen molar-refractivity contribution in [2.75, 3.05) is 26.2 Å². The van der Waals surface area contributed by atoms with Crippen LogP contribution < -0.4 is 31.3 Å². The molecule has 1 aliphatic heterocycles. The van der Waals surface area contributed by atoms with E-state index < -0.39 is 30.6 Å². The predicted octanol–water partition coefficient (Wildman–Crippen LogP) is 0.133. The highest BCUT2D eigenvalue weighted by Gasteiger charge is 2.23. The molecular formula is C22H28N6O7. The van der Waals surface area contributed by atoms with Gasteiger partial charge in [0, 0.05) is 19.6 Å². The van der Waals surface area contributed by atoms with E-state index >= 15 is 0 Å². The molecule has 13 nitrogen and oxygen atoms in total. The fraction of sp³-hybridized carbons (Fsp3) is 0.364. The summed E-state index contributed by atoms with van der Waals surface area (Å²) < 4.78 is 15.4. The van der Waals surface area contributed by atoms with Gasteiger partial charge in [0.25, 0.3) is 11.8 Å². The monoisotopic (exact) mass is 488 g/mol. The number of carboxylic acid groups (broad SMARTS) is 1. The fourth-order valence-electron chi connectivity index (χ4n) is 2.92. The van der Waals surface area contributed by atoms with Crippen LogP contribution in [-0.4, -0.2) is 66.8 Å². The van der Waals surface area contributed by atoms with Crippen molar-refractivity contribution in [3.8, 4) is 5.88 Å². The smallest absolute Gasteiger partial charge is 0.408 e. The highest BCUT2D eigenvalue weighted by atomic mass is 16.5. The van der Waals surface area contributed by atoms with Gasteiger partial charge >= 0.3 is 12.1 Å². The van der Waals surface area contributed by atoms with Crippen molar-refractivity contribution in [3.05, 3.63) is 60.0 Å². The van der Waals surface area contributed by atoms with Crippen LogP contribution in [0.25, 0.3) is 0 Å². The predicted molar refractivity (Wildman–Crippen MR) is 122 cm³/mol. The van der Waals surface area contributed by atoms with E-state index in [9.17, 15) is 19.5 Å². The van der Waals surface area contributed by atoms with Gasteiger partial charge in [0.1, 0.15) is 18.9 Å². The quantitative estimate of drug-likeness (QED) is 0.211. The summed E-state index contributed by atoms with van der Waals surface area (Å²) in [5.41, 5.74) is 0.748. The molecule has 0 bridgehead atoms. The molecule has 3 rings (SSSR count). The lowest BCUT2D eigenvalue weighted by Crippen LogP contribution is -2.53. The minimum atomic E-state index is -1.41. The molecule has 0 radical (unpaired) electrons. The van der Waals surface area contributed by atoms with Crippen molar-refractivity contribution >= 4 is 18.0 Å². The van der Waals surface area contributed by atoms with E-state index in [0.717, 1.165) is 12.1 Å². The van der Waals surface area contributed by atoms with Crippen LogP contribution in [0, 0.1) is 0 Å². The Balaban J connectivity index is 1.35. The number of rotatable bonds is 13. The third kappa shape index (κ3) is 8.98. The molecule has 2 unspecified atom stereocenters. The summed E-state index contributed by atoms with van der Waals surface area (Å²) in [5.74, 6) is -2.07. The Morgan fingerprint density at radius 3 is 2.83 bits per heavy atom. The molecule has 13 heteroatoms. The van der Waals surface area contributed by atoms with Crippen molar-refractivity contribution in [2.45, 2.75) is 25.4 Å². The average molecular weight is 489 g/mol. The Morgan fingerprint density at radius 2 is 2.09 bits per heavy atom. The van der Waals surface area contributed by atoms with Gasteiger partial charge in [0.15, 0.2) is 0 Å². The van der Waals surface area contributed by atoms with E-state index in [1.165, 1.54) is 6.07 Å². The summed E-state index contributed by atoms with van der Waals surface area (Å²) in [6.45, 7) is 1.40. The number of carbonyl (C=O) groups excluding carboxylic acids is 2. The second-order valence-corrected chi connectivity index (χ2v) is 7.40. The van der Waals surface area contributed by atoms with E-state index in [4.69, 9.17) is 14.0 Å². The third-order valence-electron chi connectivity index (χ3n) is 4.72. The standard InChI is InChI=1S/C22H28N6O7/c29-19(17-12-18(28-35-17)33-11-5-10-25-21-23-8-4-9-24-21)26-13-16(20(30)31)27-22(32)34-14-15-6-2-1-3-7-15/h1-4,6-8,12,16,21,23-25H,5,9-11,13-14H2,(H,26,29)(H,27,32)(H,30,31). The fourth-order valence-corrected chi connectivity index (χ4v) is 2.92. The Hall–Kier alpha value is -4.10. The van der Waals surface area contributed by atoms with Gasteiger partial charge in [-0.1, -0.05) is 36.4 Å². The highest BCUT2D eigenvalue weighted by Crippen LogP contribution is 2.11. The van der Waals surface area contributed by atoms with Gasteiger partial charge in [-0.15, -0.1) is 0 Å². The van der Waals surface area contributed by atoms with Crippen LogP contribution in [0.1, 0.15) is 22.5 Å². The maximum atomic E-state index is 12.3. The van der Waals surface area contributed by atoms with Gasteiger partial charge in [-0.3, -0.25) is 15.4 Å². The zero-order valence-corrected chi connectivity index (χ0v) is 18.9. The molecule has 2 heterocycles. The van der Waals surface area contributed by atoms with E-state index in [2.05, 4.69) is 31.7 Å². The number of ether oxygens (including phenoxy) is 2. The normalized spacial score (nSPS) is 15.5. The van der Waals surface area contributed by atoms with Gasteiger partial charge < -0.3 is 35.1 Å².